The van der Waals surface area contributed by atoms with Crippen LogP contribution in [0.5, 0.6) is 5.75 Å². The lowest BCUT2D eigenvalue weighted by Gasteiger charge is -2.31. The van der Waals surface area contributed by atoms with E-state index in [1.165, 1.54) is 31.4 Å². The van der Waals surface area contributed by atoms with Gasteiger partial charge in [0.2, 0.25) is 29.5 Å². The summed E-state index contributed by atoms with van der Waals surface area (Å²) in [5.41, 5.74) is 4.26. The van der Waals surface area contributed by atoms with Crippen LogP contribution in [0.4, 0.5) is 5.69 Å². The standard InChI is InChI=1S/C35H40N5O10P/c1-5-21(2)30(38-50-4)32(44)29(43)20-39-27-14-10-9-13-26(27)31(24-11-7-6-8-12-24)36-33(35(39)46)37-34(45)28(40(22(3)41)51(47,48)49)19-23-15-17-25(42)18-16-23/h6-18,21,28,30,33,38,42H,5,19-20H2,1-4H3,(H,37,45)(H2,47,48,49)/t21-,28-,30-,33-/m0/s1. The molecule has 16 heteroatoms. The van der Waals surface area contributed by atoms with Gasteiger partial charge in [-0.1, -0.05) is 80.9 Å². The summed E-state index contributed by atoms with van der Waals surface area (Å²) in [6.07, 6.45) is -1.68. The van der Waals surface area contributed by atoms with Gasteiger partial charge in [0.25, 0.3) is 5.91 Å². The fourth-order valence-electron chi connectivity index (χ4n) is 5.66. The number of carbonyl (C=O) groups excluding carboxylic acids is 5. The van der Waals surface area contributed by atoms with E-state index in [1.54, 1.807) is 61.5 Å². The van der Waals surface area contributed by atoms with E-state index in [2.05, 4.69) is 15.8 Å². The van der Waals surface area contributed by atoms with Gasteiger partial charge < -0.3 is 29.9 Å². The zero-order chi connectivity index (χ0) is 37.5. The lowest BCUT2D eigenvalue weighted by atomic mass is 9.94. The number of para-hydroxylation sites is 1. The third-order valence-corrected chi connectivity index (χ3v) is 9.54. The van der Waals surface area contributed by atoms with Gasteiger partial charge in [-0.05, 0) is 29.7 Å². The van der Waals surface area contributed by atoms with Crippen molar-refractivity contribution in [1.29, 1.82) is 0 Å². The highest BCUT2D eigenvalue weighted by molar-refractivity contribution is 7.50. The number of rotatable bonds is 15. The van der Waals surface area contributed by atoms with E-state index in [1.807, 2.05) is 6.92 Å². The van der Waals surface area contributed by atoms with Crippen LogP contribution >= 0.6 is 7.75 Å². The number of nitrogens with zero attached hydrogens (tertiary/aromatic N) is 3. The van der Waals surface area contributed by atoms with Gasteiger partial charge in [0.15, 0.2) is 0 Å². The maximum atomic E-state index is 14.4. The third kappa shape index (κ3) is 9.20. The first-order chi connectivity index (χ1) is 24.2. The van der Waals surface area contributed by atoms with Crippen LogP contribution in [0.3, 0.4) is 0 Å². The molecule has 0 radical (unpaired) electrons. The van der Waals surface area contributed by atoms with Crippen molar-refractivity contribution in [2.45, 2.75) is 51.9 Å². The van der Waals surface area contributed by atoms with E-state index >= 15 is 0 Å². The van der Waals surface area contributed by atoms with Crippen molar-refractivity contribution < 1.29 is 48.3 Å². The first-order valence-corrected chi connectivity index (χ1v) is 17.6. The molecule has 0 bridgehead atoms. The SMILES string of the molecule is CC[C@H](C)[C@H](NOC)C(=O)C(=O)CN1C(=O)[C@H](NC(=O)[C@H](Cc2ccc(O)cc2)N(C(C)=O)P(=O)(O)O)N=C(c2ccccc2)c2ccccc21. The number of anilines is 1. The quantitative estimate of drug-likeness (QED) is 0.0872. The molecule has 5 N–H and O–H groups in total. The number of benzene rings is 3. The Morgan fingerprint density at radius 3 is 2.22 bits per heavy atom. The van der Waals surface area contributed by atoms with E-state index in [0.29, 0.717) is 23.1 Å². The Morgan fingerprint density at radius 1 is 1.00 bits per heavy atom. The van der Waals surface area contributed by atoms with Crippen LogP contribution < -0.4 is 15.7 Å². The molecular formula is C35H40N5O10P. The monoisotopic (exact) mass is 721 g/mol. The molecule has 0 unspecified atom stereocenters. The van der Waals surface area contributed by atoms with E-state index in [9.17, 15) is 43.4 Å². The number of hydrogen-bond acceptors (Lipinski definition) is 10. The molecule has 4 rings (SSSR count). The second kappa shape index (κ2) is 16.8. The zero-order valence-electron chi connectivity index (χ0n) is 28.4. The average molecular weight is 722 g/mol. The van der Waals surface area contributed by atoms with Crippen LogP contribution in [0.1, 0.15) is 43.9 Å². The average Bonchev–Trinajstić information content (AvgIpc) is 3.21. The second-order valence-electron chi connectivity index (χ2n) is 11.9. The molecular weight excluding hydrogens is 681 g/mol. The maximum Gasteiger partial charge on any atom is 0.433 e. The number of aromatic hydroxyl groups is 1. The maximum absolute atomic E-state index is 14.4. The summed E-state index contributed by atoms with van der Waals surface area (Å²) in [6.45, 7) is 3.74. The highest BCUT2D eigenvalue weighted by atomic mass is 31.2. The number of phenolic OH excluding ortho intramolecular Hbond substituents is 1. The Labute approximate surface area is 294 Å². The molecule has 0 saturated carbocycles. The topological polar surface area (TPSA) is 215 Å². The number of phenols is 1. The molecule has 51 heavy (non-hydrogen) atoms. The minimum atomic E-state index is -5.40. The molecule has 3 aromatic carbocycles. The van der Waals surface area contributed by atoms with Gasteiger partial charge in [0.05, 0.1) is 25.1 Å². The summed E-state index contributed by atoms with van der Waals surface area (Å²) in [5, 5.41) is 12.2. The molecule has 0 aromatic heterocycles. The number of ketones is 2. The van der Waals surface area contributed by atoms with Gasteiger partial charge in [-0.25, -0.2) is 14.2 Å². The van der Waals surface area contributed by atoms with E-state index < -0.39 is 68.2 Å². The zero-order valence-corrected chi connectivity index (χ0v) is 29.3. The number of Topliss-reactive ketones (excluding diaryl/α,β-unsaturated/α-hetero) is 2. The number of fused-ring (bicyclic) bond motifs is 1. The Kier molecular flexibility index (Phi) is 12.7. The van der Waals surface area contributed by atoms with Crippen molar-refractivity contribution in [3.8, 4) is 5.75 Å². The molecule has 1 heterocycles. The predicted octanol–water partition coefficient (Wildman–Crippen LogP) is 2.27. The molecule has 15 nitrogen and oxygen atoms in total. The number of carbonyl (C=O) groups is 5. The Balaban J connectivity index is 1.82. The van der Waals surface area contributed by atoms with Gasteiger partial charge in [-0.3, -0.25) is 24.0 Å². The smallest absolute Gasteiger partial charge is 0.433 e. The Bertz CT molecular complexity index is 1850. The number of hydrogen-bond donors (Lipinski definition) is 5. The fraction of sp³-hybridized carbons (Fsp3) is 0.314. The molecule has 3 aromatic rings. The van der Waals surface area contributed by atoms with Crippen molar-refractivity contribution in [2.75, 3.05) is 18.6 Å². The van der Waals surface area contributed by atoms with Crippen LogP contribution in [0, 0.1) is 5.92 Å². The summed E-state index contributed by atoms with van der Waals surface area (Å²) in [6, 6.07) is 17.7. The van der Waals surface area contributed by atoms with E-state index in [0.717, 1.165) is 11.8 Å². The van der Waals surface area contributed by atoms with Crippen LogP contribution in [-0.4, -0.2) is 86.5 Å². The van der Waals surface area contributed by atoms with Crippen LogP contribution in [0.15, 0.2) is 83.9 Å². The summed E-state index contributed by atoms with van der Waals surface area (Å²) in [7, 11) is -4.09. The third-order valence-electron chi connectivity index (χ3n) is 8.42. The Hall–Kier alpha value is -5.05. The number of nitrogens with one attached hydrogen (secondary N) is 2. The van der Waals surface area contributed by atoms with Crippen LogP contribution in [0.25, 0.3) is 0 Å². The minimum absolute atomic E-state index is 0.105. The molecule has 4 atom stereocenters. The Morgan fingerprint density at radius 2 is 1.63 bits per heavy atom. The molecule has 270 valence electrons. The normalized spacial score (nSPS) is 16.2. The van der Waals surface area contributed by atoms with Crippen molar-refractivity contribution in [3.05, 3.63) is 95.6 Å². The summed E-state index contributed by atoms with van der Waals surface area (Å²) >= 11 is 0. The van der Waals surface area contributed by atoms with Crippen LogP contribution in [0.2, 0.25) is 0 Å². The molecule has 0 saturated heterocycles. The fourth-order valence-corrected chi connectivity index (χ4v) is 6.58. The number of benzodiazepines with no additional fused rings is 1. The first-order valence-electron chi connectivity index (χ1n) is 16.0. The lowest BCUT2D eigenvalue weighted by Crippen LogP contribution is -2.55. The van der Waals surface area contributed by atoms with Gasteiger partial charge >= 0.3 is 7.75 Å². The van der Waals surface area contributed by atoms with Crippen molar-refractivity contribution in [1.82, 2.24) is 15.5 Å². The molecule has 0 spiro atoms. The molecule has 0 aliphatic carbocycles. The van der Waals surface area contributed by atoms with Gasteiger partial charge in [-0.2, -0.15) is 5.48 Å². The summed E-state index contributed by atoms with van der Waals surface area (Å²) < 4.78 is 12.7. The van der Waals surface area contributed by atoms with E-state index in [4.69, 9.17) is 4.84 Å². The highest BCUT2D eigenvalue weighted by Crippen LogP contribution is 2.42. The van der Waals surface area contributed by atoms with Gasteiger partial charge in [0.1, 0.15) is 17.8 Å². The molecule has 1 aliphatic heterocycles. The molecule has 3 amide bonds. The minimum Gasteiger partial charge on any atom is -0.508 e. The molecule has 0 fully saturated rings. The highest BCUT2D eigenvalue weighted by Gasteiger charge is 2.42. The van der Waals surface area contributed by atoms with Crippen molar-refractivity contribution >= 4 is 48.4 Å². The van der Waals surface area contributed by atoms with Gasteiger partial charge in [-0.15, -0.1) is 0 Å². The number of amides is 3. The summed E-state index contributed by atoms with van der Waals surface area (Å²) in [5.74, 6) is -5.39. The van der Waals surface area contributed by atoms with Crippen LogP contribution in [-0.2, 0) is 39.8 Å². The molecule has 1 aliphatic rings. The van der Waals surface area contributed by atoms with Crippen molar-refractivity contribution in [3.63, 3.8) is 0 Å². The number of hydroxylamine groups is 1. The lowest BCUT2D eigenvalue weighted by molar-refractivity contribution is -0.140. The second-order valence-corrected chi connectivity index (χ2v) is 13.4. The van der Waals surface area contributed by atoms with E-state index in [-0.39, 0.29) is 27.7 Å². The first kappa shape index (κ1) is 38.7. The number of aliphatic imine (C=N–C) groups is 1. The predicted molar refractivity (Wildman–Crippen MR) is 186 cm³/mol. The van der Waals surface area contributed by atoms with Gasteiger partial charge in [0, 0.05) is 24.5 Å². The summed E-state index contributed by atoms with van der Waals surface area (Å²) in [4.78, 5) is 99.0. The largest absolute Gasteiger partial charge is 0.508 e. The van der Waals surface area contributed by atoms with Crippen molar-refractivity contribution in [2.24, 2.45) is 10.9 Å².